The fourth-order valence-electron chi connectivity index (χ4n) is 1.53. The van der Waals surface area contributed by atoms with Crippen molar-refractivity contribution in [2.45, 2.75) is 0 Å². The Morgan fingerprint density at radius 3 is 2.50 bits per heavy atom. The van der Waals surface area contributed by atoms with Gasteiger partial charge in [-0.3, -0.25) is 4.79 Å². The zero-order valence-electron chi connectivity index (χ0n) is 10.00. The first-order valence-electron chi connectivity index (χ1n) is 5.54. The Morgan fingerprint density at radius 2 is 1.75 bits per heavy atom. The normalized spacial score (nSPS) is 10.4. The van der Waals surface area contributed by atoms with E-state index in [0.29, 0.717) is 6.07 Å². The van der Waals surface area contributed by atoms with Crippen LogP contribution in [0.2, 0.25) is 0 Å². The lowest BCUT2D eigenvalue weighted by molar-refractivity contribution is 0.0913. The van der Waals surface area contributed by atoms with Crippen molar-refractivity contribution in [2.24, 2.45) is 0 Å². The van der Waals surface area contributed by atoms with Crippen molar-refractivity contribution in [1.29, 1.82) is 0 Å². The lowest BCUT2D eigenvalue weighted by Gasteiger charge is -2.07. The van der Waals surface area contributed by atoms with Gasteiger partial charge in [0.1, 0.15) is 11.6 Å². The van der Waals surface area contributed by atoms with Gasteiger partial charge in [-0.2, -0.15) is 4.39 Å². The minimum atomic E-state index is -1.25. The number of carbonyl (C=O) groups excluding carboxylic acids is 1. The quantitative estimate of drug-likeness (QED) is 0.634. The van der Waals surface area contributed by atoms with Crippen molar-refractivity contribution < 1.29 is 27.1 Å². The second-order valence-corrected chi connectivity index (χ2v) is 3.89. The maximum Gasteiger partial charge on any atom is 0.203 e. The monoisotopic (exact) mass is 284 g/mol. The van der Waals surface area contributed by atoms with Crippen LogP contribution in [0.1, 0.15) is 10.4 Å². The summed E-state index contributed by atoms with van der Waals surface area (Å²) in [7, 11) is 0. The van der Waals surface area contributed by atoms with Crippen LogP contribution in [-0.4, -0.2) is 12.4 Å². The number of hydrogen-bond donors (Lipinski definition) is 0. The average Bonchev–Trinajstić information content (AvgIpc) is 2.43. The summed E-state index contributed by atoms with van der Waals surface area (Å²) in [6, 6.07) is 5.57. The molecular weight excluding hydrogens is 276 g/mol. The molecule has 2 aromatic carbocycles. The summed E-state index contributed by atoms with van der Waals surface area (Å²) in [5.41, 5.74) is -0.512. The molecule has 6 heteroatoms. The van der Waals surface area contributed by atoms with Crippen LogP contribution in [0.4, 0.5) is 17.6 Å². The Balaban J connectivity index is 2.13. The van der Waals surface area contributed by atoms with Crippen molar-refractivity contribution in [3.8, 4) is 5.75 Å². The second kappa shape index (κ2) is 5.73. The highest BCUT2D eigenvalue weighted by Gasteiger charge is 2.15. The van der Waals surface area contributed by atoms with Crippen LogP contribution in [0, 0.1) is 23.3 Å². The maximum atomic E-state index is 13.3. The molecule has 0 heterocycles. The molecule has 0 bridgehead atoms. The first-order chi connectivity index (χ1) is 9.49. The van der Waals surface area contributed by atoms with Crippen molar-refractivity contribution in [2.75, 3.05) is 6.61 Å². The SMILES string of the molecule is O=C(COc1cccc(F)c1F)c1cc(F)ccc1F. The number of hydrogen-bond acceptors (Lipinski definition) is 2. The van der Waals surface area contributed by atoms with Crippen LogP contribution >= 0.6 is 0 Å². The number of rotatable bonds is 4. The third-order valence-electron chi connectivity index (χ3n) is 2.50. The molecule has 0 radical (unpaired) electrons. The maximum absolute atomic E-state index is 13.3. The Kier molecular flexibility index (Phi) is 4.02. The zero-order chi connectivity index (χ0) is 14.7. The van der Waals surface area contributed by atoms with Crippen LogP contribution in [0.3, 0.4) is 0 Å². The first-order valence-corrected chi connectivity index (χ1v) is 5.54. The number of Topliss-reactive ketones (excluding diaryl/α,β-unsaturated/α-hetero) is 1. The van der Waals surface area contributed by atoms with Gasteiger partial charge in [-0.25, -0.2) is 13.2 Å². The summed E-state index contributed by atoms with van der Waals surface area (Å²) in [5.74, 6) is -5.45. The summed E-state index contributed by atoms with van der Waals surface area (Å²) in [5, 5.41) is 0. The van der Waals surface area contributed by atoms with E-state index in [1.54, 1.807) is 0 Å². The van der Waals surface area contributed by atoms with Crippen molar-refractivity contribution in [3.05, 3.63) is 65.2 Å². The van der Waals surface area contributed by atoms with Gasteiger partial charge in [0.2, 0.25) is 11.6 Å². The molecular formula is C14H8F4O2. The zero-order valence-corrected chi connectivity index (χ0v) is 10.00. The molecule has 0 atom stereocenters. The number of benzene rings is 2. The highest BCUT2D eigenvalue weighted by atomic mass is 19.2. The van der Waals surface area contributed by atoms with Gasteiger partial charge in [0.05, 0.1) is 5.56 Å². The topological polar surface area (TPSA) is 26.3 Å². The number of ketones is 1. The van der Waals surface area contributed by atoms with Gasteiger partial charge in [-0.05, 0) is 30.3 Å². The van der Waals surface area contributed by atoms with Crippen LogP contribution in [0.5, 0.6) is 5.75 Å². The predicted octanol–water partition coefficient (Wildman–Crippen LogP) is 3.50. The van der Waals surface area contributed by atoms with Gasteiger partial charge in [0, 0.05) is 0 Å². The van der Waals surface area contributed by atoms with E-state index >= 15 is 0 Å². The molecule has 0 amide bonds. The Morgan fingerprint density at radius 1 is 1.00 bits per heavy atom. The lowest BCUT2D eigenvalue weighted by atomic mass is 10.1. The lowest BCUT2D eigenvalue weighted by Crippen LogP contribution is -2.14. The molecule has 0 aliphatic rings. The van der Waals surface area contributed by atoms with Crippen LogP contribution in [0.15, 0.2) is 36.4 Å². The molecule has 0 spiro atoms. The van der Waals surface area contributed by atoms with Crippen LogP contribution in [-0.2, 0) is 0 Å². The van der Waals surface area contributed by atoms with Gasteiger partial charge < -0.3 is 4.74 Å². The smallest absolute Gasteiger partial charge is 0.203 e. The van der Waals surface area contributed by atoms with E-state index in [-0.39, 0.29) is 0 Å². The van der Waals surface area contributed by atoms with Crippen LogP contribution < -0.4 is 4.74 Å². The Hall–Kier alpha value is -2.37. The van der Waals surface area contributed by atoms with Crippen molar-refractivity contribution in [1.82, 2.24) is 0 Å². The Bertz CT molecular complexity index is 656. The standard InChI is InChI=1S/C14H8F4O2/c15-8-4-5-10(16)9(6-8)12(19)7-20-13-3-1-2-11(17)14(13)18/h1-6H,7H2. The molecule has 0 N–H and O–H groups in total. The van der Waals surface area contributed by atoms with E-state index in [0.717, 1.165) is 24.3 Å². The number of ether oxygens (including phenoxy) is 1. The van der Waals surface area contributed by atoms with Crippen LogP contribution in [0.25, 0.3) is 0 Å². The van der Waals surface area contributed by atoms with E-state index in [4.69, 9.17) is 4.74 Å². The predicted molar refractivity (Wildman–Crippen MR) is 62.5 cm³/mol. The molecule has 0 unspecified atom stereocenters. The van der Waals surface area contributed by atoms with E-state index < -0.39 is 47.0 Å². The summed E-state index contributed by atoms with van der Waals surface area (Å²) in [4.78, 5) is 11.6. The van der Waals surface area contributed by atoms with Crippen molar-refractivity contribution in [3.63, 3.8) is 0 Å². The highest BCUT2D eigenvalue weighted by molar-refractivity contribution is 5.97. The molecule has 0 aromatic heterocycles. The van der Waals surface area contributed by atoms with Crippen molar-refractivity contribution >= 4 is 5.78 Å². The molecule has 0 aliphatic heterocycles. The number of halogens is 4. The molecule has 0 aliphatic carbocycles. The summed E-state index contributed by atoms with van der Waals surface area (Å²) in [6.07, 6.45) is 0. The van der Waals surface area contributed by atoms with Gasteiger partial charge in [-0.15, -0.1) is 0 Å². The first kappa shape index (κ1) is 14.0. The minimum Gasteiger partial charge on any atom is -0.482 e. The third kappa shape index (κ3) is 2.96. The fourth-order valence-corrected chi connectivity index (χ4v) is 1.53. The molecule has 104 valence electrons. The number of carbonyl (C=O) groups is 1. The summed E-state index contributed by atoms with van der Waals surface area (Å²) >= 11 is 0. The minimum absolute atomic E-state index is 0.477. The molecule has 20 heavy (non-hydrogen) atoms. The van der Waals surface area contributed by atoms with Gasteiger partial charge in [-0.1, -0.05) is 6.07 Å². The molecule has 0 saturated carbocycles. The average molecular weight is 284 g/mol. The second-order valence-electron chi connectivity index (χ2n) is 3.89. The summed E-state index contributed by atoms with van der Waals surface area (Å²) in [6.45, 7) is -0.735. The van der Waals surface area contributed by atoms with Gasteiger partial charge >= 0.3 is 0 Å². The molecule has 0 fully saturated rings. The van der Waals surface area contributed by atoms with E-state index in [1.807, 2.05) is 0 Å². The fraction of sp³-hybridized carbons (Fsp3) is 0.0714. The van der Waals surface area contributed by atoms with Gasteiger partial charge in [0.25, 0.3) is 0 Å². The third-order valence-corrected chi connectivity index (χ3v) is 2.50. The van der Waals surface area contributed by atoms with E-state index in [2.05, 4.69) is 0 Å². The molecule has 2 aromatic rings. The van der Waals surface area contributed by atoms with Gasteiger partial charge in [0.15, 0.2) is 18.2 Å². The molecule has 2 rings (SSSR count). The molecule has 2 nitrogen and oxygen atoms in total. The summed E-state index contributed by atoms with van der Waals surface area (Å²) < 4.78 is 57.2. The Labute approximate surface area is 111 Å². The van der Waals surface area contributed by atoms with E-state index in [9.17, 15) is 22.4 Å². The molecule has 0 saturated heterocycles. The largest absolute Gasteiger partial charge is 0.482 e. The van der Waals surface area contributed by atoms with E-state index in [1.165, 1.54) is 6.07 Å². The highest BCUT2D eigenvalue weighted by Crippen LogP contribution is 2.19.